The van der Waals surface area contributed by atoms with Crippen LogP contribution in [0.3, 0.4) is 0 Å². The first-order chi connectivity index (χ1) is 12.8. The van der Waals surface area contributed by atoms with Gasteiger partial charge in [-0.2, -0.15) is 0 Å². The van der Waals surface area contributed by atoms with Gasteiger partial charge in [0.2, 0.25) is 11.8 Å². The quantitative estimate of drug-likeness (QED) is 0.808. The summed E-state index contributed by atoms with van der Waals surface area (Å²) in [5.41, 5.74) is 1.66. The fraction of sp³-hybridized carbons (Fsp3) is 0.750. The number of ether oxygens (including phenoxy) is 1. The molecule has 27 heavy (non-hydrogen) atoms. The van der Waals surface area contributed by atoms with Gasteiger partial charge in [-0.3, -0.25) is 9.59 Å². The summed E-state index contributed by atoms with van der Waals surface area (Å²) in [6.45, 7) is 12.2. The highest BCUT2D eigenvalue weighted by Crippen LogP contribution is 2.28. The molecular weight excluding hydrogens is 346 g/mol. The fourth-order valence-electron chi connectivity index (χ4n) is 4.47. The number of hydrogen-bond acceptors (Lipinski definition) is 5. The molecule has 3 atom stereocenters. The summed E-state index contributed by atoms with van der Waals surface area (Å²) in [5, 5.41) is 3.96. The molecular formula is C20H31N3O4. The van der Waals surface area contributed by atoms with Crippen LogP contribution >= 0.6 is 0 Å². The second-order valence-electron chi connectivity index (χ2n) is 8.06. The topological polar surface area (TPSA) is 75.9 Å². The van der Waals surface area contributed by atoms with Crippen LogP contribution in [0.1, 0.15) is 56.5 Å². The lowest BCUT2D eigenvalue weighted by molar-refractivity contribution is -0.150. The molecule has 2 amide bonds. The van der Waals surface area contributed by atoms with E-state index in [0.717, 1.165) is 24.1 Å². The maximum absolute atomic E-state index is 12.9. The maximum atomic E-state index is 12.9. The van der Waals surface area contributed by atoms with Crippen molar-refractivity contribution >= 4 is 11.8 Å². The Labute approximate surface area is 161 Å². The molecule has 3 unspecified atom stereocenters. The number of nitrogens with zero attached hydrogens (tertiary/aromatic N) is 3. The second kappa shape index (κ2) is 8.00. The summed E-state index contributed by atoms with van der Waals surface area (Å²) in [5.74, 6) is 0.728. The molecule has 0 aromatic carbocycles. The van der Waals surface area contributed by atoms with Crippen molar-refractivity contribution in [1.82, 2.24) is 15.0 Å². The number of morpholine rings is 1. The Morgan fingerprint density at radius 3 is 2.19 bits per heavy atom. The van der Waals surface area contributed by atoms with Gasteiger partial charge in [-0.1, -0.05) is 5.16 Å². The number of amides is 2. The molecule has 7 nitrogen and oxygen atoms in total. The third kappa shape index (κ3) is 4.18. The second-order valence-corrected chi connectivity index (χ2v) is 8.06. The van der Waals surface area contributed by atoms with Crippen molar-refractivity contribution in [3.8, 4) is 0 Å². The van der Waals surface area contributed by atoms with E-state index in [1.807, 2.05) is 44.4 Å². The van der Waals surface area contributed by atoms with Crippen LogP contribution in [0.2, 0.25) is 0 Å². The minimum Gasteiger partial charge on any atom is -0.372 e. The highest BCUT2D eigenvalue weighted by molar-refractivity contribution is 5.84. The number of carbonyl (C=O) groups is 2. The van der Waals surface area contributed by atoms with E-state index >= 15 is 0 Å². The van der Waals surface area contributed by atoms with Gasteiger partial charge in [0.1, 0.15) is 5.76 Å². The van der Waals surface area contributed by atoms with Gasteiger partial charge in [-0.25, -0.2) is 0 Å². The molecule has 0 aliphatic carbocycles. The van der Waals surface area contributed by atoms with Crippen molar-refractivity contribution in [3.05, 3.63) is 17.0 Å². The minimum absolute atomic E-state index is 0.000852. The summed E-state index contributed by atoms with van der Waals surface area (Å²) in [6.07, 6.45) is 1.60. The van der Waals surface area contributed by atoms with Gasteiger partial charge >= 0.3 is 0 Å². The number of rotatable bonds is 3. The lowest BCUT2D eigenvalue weighted by atomic mass is 9.92. The highest BCUT2D eigenvalue weighted by atomic mass is 16.5. The Balaban J connectivity index is 1.57. The van der Waals surface area contributed by atoms with E-state index in [1.165, 1.54) is 0 Å². The van der Waals surface area contributed by atoms with Gasteiger partial charge in [-0.15, -0.1) is 0 Å². The number of piperidine rings is 1. The van der Waals surface area contributed by atoms with E-state index in [9.17, 15) is 9.59 Å². The van der Waals surface area contributed by atoms with E-state index in [2.05, 4.69) is 5.16 Å². The molecule has 2 aliphatic rings. The molecule has 7 heteroatoms. The van der Waals surface area contributed by atoms with E-state index in [0.29, 0.717) is 31.9 Å². The molecule has 0 bridgehead atoms. The third-order valence-electron chi connectivity index (χ3n) is 5.78. The lowest BCUT2D eigenvalue weighted by Crippen LogP contribution is -2.52. The molecule has 1 aromatic rings. The van der Waals surface area contributed by atoms with Crippen molar-refractivity contribution < 1.29 is 18.8 Å². The lowest BCUT2D eigenvalue weighted by Gasteiger charge is -2.39. The van der Waals surface area contributed by atoms with Crippen LogP contribution in [0.5, 0.6) is 0 Å². The van der Waals surface area contributed by atoms with Crippen LogP contribution in [-0.4, -0.2) is 65.2 Å². The molecule has 0 spiro atoms. The average molecular weight is 377 g/mol. The Morgan fingerprint density at radius 1 is 1.07 bits per heavy atom. The third-order valence-corrected chi connectivity index (χ3v) is 5.78. The summed E-state index contributed by atoms with van der Waals surface area (Å²) >= 11 is 0. The summed E-state index contributed by atoms with van der Waals surface area (Å²) in [7, 11) is 0. The Bertz CT molecular complexity index is 664. The zero-order chi connectivity index (χ0) is 19.7. The SMILES string of the molecule is Cc1noc(C)c1C(C)C(=O)N1CCC(C(=O)N2CC(C)OC(C)C2)CC1. The molecule has 2 fully saturated rings. The maximum Gasteiger partial charge on any atom is 0.230 e. The molecule has 150 valence electrons. The fourth-order valence-corrected chi connectivity index (χ4v) is 4.47. The van der Waals surface area contributed by atoms with Crippen molar-refractivity contribution in [2.45, 2.75) is 65.6 Å². The van der Waals surface area contributed by atoms with Gasteiger partial charge in [0, 0.05) is 37.7 Å². The zero-order valence-electron chi connectivity index (χ0n) is 17.0. The standard InChI is InChI=1S/C20H31N3O4/c1-12-10-23(11-13(2)26-12)20(25)17-6-8-22(9-7-17)19(24)14(3)18-15(4)21-27-16(18)5/h12-14,17H,6-11H2,1-5H3. The van der Waals surface area contributed by atoms with Gasteiger partial charge in [0.15, 0.2) is 0 Å². The summed E-state index contributed by atoms with van der Waals surface area (Å²) < 4.78 is 10.9. The van der Waals surface area contributed by atoms with E-state index in [4.69, 9.17) is 9.26 Å². The first kappa shape index (κ1) is 19.9. The van der Waals surface area contributed by atoms with Crippen molar-refractivity contribution in [2.24, 2.45) is 5.92 Å². The van der Waals surface area contributed by atoms with Crippen molar-refractivity contribution in [3.63, 3.8) is 0 Å². The largest absolute Gasteiger partial charge is 0.372 e. The predicted molar refractivity (Wildman–Crippen MR) is 100 cm³/mol. The van der Waals surface area contributed by atoms with Gasteiger partial charge < -0.3 is 19.1 Å². The Hall–Kier alpha value is -1.89. The average Bonchev–Trinajstić information content (AvgIpc) is 2.97. The first-order valence-electron chi connectivity index (χ1n) is 9.93. The number of carbonyl (C=O) groups excluding carboxylic acids is 2. The molecule has 3 rings (SSSR count). The molecule has 0 saturated carbocycles. The number of aromatic nitrogens is 1. The Kier molecular flexibility index (Phi) is 5.89. The molecule has 1 aromatic heterocycles. The molecule has 2 saturated heterocycles. The number of aryl methyl sites for hydroxylation is 2. The normalized spacial score (nSPS) is 25.5. The van der Waals surface area contributed by atoms with Crippen LogP contribution < -0.4 is 0 Å². The van der Waals surface area contributed by atoms with Crippen LogP contribution in [0, 0.1) is 19.8 Å². The smallest absolute Gasteiger partial charge is 0.230 e. The zero-order valence-corrected chi connectivity index (χ0v) is 17.0. The number of likely N-dealkylation sites (tertiary alicyclic amines) is 1. The van der Waals surface area contributed by atoms with Crippen LogP contribution in [0.25, 0.3) is 0 Å². The molecule has 2 aliphatic heterocycles. The molecule has 0 radical (unpaired) electrons. The van der Waals surface area contributed by atoms with Gasteiger partial charge in [0.25, 0.3) is 0 Å². The van der Waals surface area contributed by atoms with E-state index in [1.54, 1.807) is 0 Å². The van der Waals surface area contributed by atoms with Crippen LogP contribution in [0.15, 0.2) is 4.52 Å². The van der Waals surface area contributed by atoms with Crippen LogP contribution in [0.4, 0.5) is 0 Å². The van der Waals surface area contributed by atoms with E-state index in [-0.39, 0.29) is 35.9 Å². The molecule has 0 N–H and O–H groups in total. The number of hydrogen-bond donors (Lipinski definition) is 0. The first-order valence-corrected chi connectivity index (χ1v) is 9.93. The molecule has 3 heterocycles. The van der Waals surface area contributed by atoms with Crippen LogP contribution in [-0.2, 0) is 14.3 Å². The van der Waals surface area contributed by atoms with Gasteiger partial charge in [-0.05, 0) is 47.5 Å². The van der Waals surface area contributed by atoms with Crippen molar-refractivity contribution in [2.75, 3.05) is 26.2 Å². The minimum atomic E-state index is -0.274. The Morgan fingerprint density at radius 2 is 1.67 bits per heavy atom. The monoisotopic (exact) mass is 377 g/mol. The van der Waals surface area contributed by atoms with Crippen molar-refractivity contribution in [1.29, 1.82) is 0 Å². The predicted octanol–water partition coefficient (Wildman–Crippen LogP) is 2.27. The van der Waals surface area contributed by atoms with E-state index < -0.39 is 0 Å². The highest BCUT2D eigenvalue weighted by Gasteiger charge is 2.35. The summed E-state index contributed by atoms with van der Waals surface area (Å²) in [4.78, 5) is 29.6. The summed E-state index contributed by atoms with van der Waals surface area (Å²) in [6, 6.07) is 0. The van der Waals surface area contributed by atoms with Gasteiger partial charge in [0.05, 0.1) is 23.8 Å².